The summed E-state index contributed by atoms with van der Waals surface area (Å²) in [5.74, 6) is -0.0538. The van der Waals surface area contributed by atoms with Crippen molar-refractivity contribution in [2.75, 3.05) is 0 Å². The number of aromatic nitrogens is 2. The lowest BCUT2D eigenvalue weighted by Gasteiger charge is -2.01. The summed E-state index contributed by atoms with van der Waals surface area (Å²) in [5.41, 5.74) is 2.76. The van der Waals surface area contributed by atoms with Crippen molar-refractivity contribution in [2.24, 2.45) is 4.99 Å². The Morgan fingerprint density at radius 3 is 3.00 bits per heavy atom. The van der Waals surface area contributed by atoms with Gasteiger partial charge in [-0.1, -0.05) is 15.9 Å². The maximum atomic E-state index is 11.6. The van der Waals surface area contributed by atoms with Gasteiger partial charge >= 0.3 is 5.69 Å². The molecule has 0 amide bonds. The molecule has 0 spiro atoms. The molecule has 6 heteroatoms. The van der Waals surface area contributed by atoms with Crippen LogP contribution in [0.3, 0.4) is 0 Å². The Labute approximate surface area is 123 Å². The molecule has 0 aliphatic carbocycles. The number of allylic oxidation sites excluding steroid dienone is 1. The van der Waals surface area contributed by atoms with Crippen molar-refractivity contribution in [3.63, 3.8) is 0 Å². The quantitative estimate of drug-likeness (QED) is 0.886. The largest absolute Gasteiger partial charge is 0.493 e. The number of fused-ring (bicyclic) bond motifs is 1. The van der Waals surface area contributed by atoms with Crippen LogP contribution in [-0.4, -0.2) is 20.9 Å². The molecule has 0 saturated carbocycles. The average Bonchev–Trinajstić information content (AvgIpc) is 2.92. The van der Waals surface area contributed by atoms with Crippen LogP contribution >= 0.6 is 15.9 Å². The van der Waals surface area contributed by atoms with Gasteiger partial charge in [-0.05, 0) is 31.2 Å². The summed E-state index contributed by atoms with van der Waals surface area (Å²) in [6.45, 7) is 2.22. The molecule has 0 bridgehead atoms. The predicted octanol–water partition coefficient (Wildman–Crippen LogP) is 2.92. The fraction of sp³-hybridized carbons (Fsp3) is 0.143. The number of aromatic hydroxyl groups is 1. The number of nitrogens with one attached hydrogen (secondary N) is 1. The summed E-state index contributed by atoms with van der Waals surface area (Å²) in [4.78, 5) is 18.6. The molecule has 2 N–H and O–H groups in total. The Kier molecular flexibility index (Phi) is 3.10. The Morgan fingerprint density at radius 1 is 1.50 bits per heavy atom. The van der Waals surface area contributed by atoms with E-state index in [4.69, 9.17) is 0 Å². The summed E-state index contributed by atoms with van der Waals surface area (Å²) in [5, 5.41) is 10.0. The molecule has 1 aromatic heterocycles. The molecule has 0 fully saturated rings. The SMILES string of the molecule is CCn1c(O)c(/C=C2/C=Nc3ccc(Br)cc32)[nH]c1=O. The standard InChI is InChI=1S/C14H12BrN3O2/c1-2-18-13(19)12(17-14(18)20)5-8-7-16-11-4-3-9(15)6-10(8)11/h3-7,19H,2H2,1H3,(H,17,20)/b8-5-. The molecular formula is C14H12BrN3O2. The Bertz CT molecular complexity index is 799. The molecule has 2 heterocycles. The van der Waals surface area contributed by atoms with E-state index in [1.807, 2.05) is 18.2 Å². The number of nitrogens with zero attached hydrogens (tertiary/aromatic N) is 2. The van der Waals surface area contributed by atoms with Crippen LogP contribution in [0.2, 0.25) is 0 Å². The monoisotopic (exact) mass is 333 g/mol. The van der Waals surface area contributed by atoms with E-state index in [-0.39, 0.29) is 11.6 Å². The summed E-state index contributed by atoms with van der Waals surface area (Å²) in [7, 11) is 0. The van der Waals surface area contributed by atoms with Crippen LogP contribution in [0.4, 0.5) is 5.69 Å². The normalized spacial score (nSPS) is 15.0. The average molecular weight is 334 g/mol. The summed E-state index contributed by atoms with van der Waals surface area (Å²) >= 11 is 3.43. The van der Waals surface area contributed by atoms with Gasteiger partial charge in [-0.25, -0.2) is 4.79 Å². The molecule has 1 aliphatic rings. The first kappa shape index (κ1) is 12.9. The van der Waals surface area contributed by atoms with Crippen LogP contribution in [0.5, 0.6) is 5.88 Å². The highest BCUT2D eigenvalue weighted by atomic mass is 79.9. The number of hydrogen-bond acceptors (Lipinski definition) is 3. The zero-order chi connectivity index (χ0) is 14.3. The van der Waals surface area contributed by atoms with Crippen LogP contribution in [0.1, 0.15) is 18.2 Å². The second-order valence-electron chi connectivity index (χ2n) is 4.43. The number of rotatable bonds is 2. The van der Waals surface area contributed by atoms with Crippen molar-refractivity contribution in [3.8, 4) is 5.88 Å². The summed E-state index contributed by atoms with van der Waals surface area (Å²) in [6.07, 6.45) is 3.45. The van der Waals surface area contributed by atoms with E-state index in [0.717, 1.165) is 21.3 Å². The molecule has 0 atom stereocenters. The van der Waals surface area contributed by atoms with Crippen molar-refractivity contribution < 1.29 is 5.11 Å². The van der Waals surface area contributed by atoms with Gasteiger partial charge < -0.3 is 10.1 Å². The molecule has 1 aliphatic heterocycles. The minimum absolute atomic E-state index is 0.0538. The van der Waals surface area contributed by atoms with E-state index in [2.05, 4.69) is 25.9 Å². The first-order valence-electron chi connectivity index (χ1n) is 6.17. The topological polar surface area (TPSA) is 70.4 Å². The van der Waals surface area contributed by atoms with Gasteiger partial charge in [0.25, 0.3) is 0 Å². The highest BCUT2D eigenvalue weighted by molar-refractivity contribution is 9.10. The molecule has 20 heavy (non-hydrogen) atoms. The second-order valence-corrected chi connectivity index (χ2v) is 5.35. The van der Waals surface area contributed by atoms with E-state index < -0.39 is 0 Å². The third-order valence-corrected chi connectivity index (χ3v) is 3.70. The van der Waals surface area contributed by atoms with Crippen molar-refractivity contribution in [3.05, 3.63) is 44.4 Å². The lowest BCUT2D eigenvalue weighted by atomic mass is 10.1. The molecule has 2 aromatic rings. The van der Waals surface area contributed by atoms with Gasteiger partial charge in [-0.15, -0.1) is 0 Å². The van der Waals surface area contributed by atoms with Gasteiger partial charge in [0, 0.05) is 28.4 Å². The number of aromatic amines is 1. The Hall–Kier alpha value is -2.08. The van der Waals surface area contributed by atoms with Crippen LogP contribution in [0, 0.1) is 0 Å². The minimum Gasteiger partial charge on any atom is -0.493 e. The first-order chi connectivity index (χ1) is 9.60. The highest BCUT2D eigenvalue weighted by Crippen LogP contribution is 2.35. The number of hydrogen-bond donors (Lipinski definition) is 2. The lowest BCUT2D eigenvalue weighted by molar-refractivity contribution is 0.417. The number of H-pyrrole nitrogens is 1. The summed E-state index contributed by atoms with van der Waals surface area (Å²) < 4.78 is 2.23. The van der Waals surface area contributed by atoms with Crippen LogP contribution < -0.4 is 5.69 Å². The molecule has 1 aromatic carbocycles. The Morgan fingerprint density at radius 2 is 2.30 bits per heavy atom. The Balaban J connectivity index is 2.11. The first-order valence-corrected chi connectivity index (χ1v) is 6.97. The maximum absolute atomic E-state index is 11.6. The summed E-state index contributed by atoms with van der Waals surface area (Å²) in [6, 6.07) is 5.79. The minimum atomic E-state index is -0.318. The fourth-order valence-corrected chi connectivity index (χ4v) is 2.57. The van der Waals surface area contributed by atoms with Crippen molar-refractivity contribution in [2.45, 2.75) is 13.5 Å². The second kappa shape index (κ2) is 4.79. The third-order valence-electron chi connectivity index (χ3n) is 3.21. The molecule has 0 saturated heterocycles. The number of imidazole rings is 1. The molecule has 102 valence electrons. The molecular weight excluding hydrogens is 322 g/mol. The maximum Gasteiger partial charge on any atom is 0.328 e. The van der Waals surface area contributed by atoms with Gasteiger partial charge in [0.2, 0.25) is 5.88 Å². The van der Waals surface area contributed by atoms with E-state index >= 15 is 0 Å². The fourth-order valence-electron chi connectivity index (χ4n) is 2.21. The van der Waals surface area contributed by atoms with Gasteiger partial charge in [0.1, 0.15) is 5.69 Å². The van der Waals surface area contributed by atoms with Crippen molar-refractivity contribution in [1.82, 2.24) is 9.55 Å². The highest BCUT2D eigenvalue weighted by Gasteiger charge is 2.15. The van der Waals surface area contributed by atoms with Crippen LogP contribution in [-0.2, 0) is 6.54 Å². The molecule has 0 radical (unpaired) electrons. The zero-order valence-electron chi connectivity index (χ0n) is 10.7. The number of aliphatic imine (C=N–C) groups is 1. The van der Waals surface area contributed by atoms with Gasteiger partial charge in [-0.2, -0.15) is 0 Å². The van der Waals surface area contributed by atoms with E-state index in [1.54, 1.807) is 19.2 Å². The van der Waals surface area contributed by atoms with Crippen LogP contribution in [0.25, 0.3) is 11.6 Å². The van der Waals surface area contributed by atoms with E-state index in [1.165, 1.54) is 4.57 Å². The van der Waals surface area contributed by atoms with E-state index in [0.29, 0.717) is 12.2 Å². The van der Waals surface area contributed by atoms with Crippen molar-refractivity contribution in [1.29, 1.82) is 0 Å². The molecule has 3 rings (SSSR count). The van der Waals surface area contributed by atoms with E-state index in [9.17, 15) is 9.90 Å². The lowest BCUT2D eigenvalue weighted by Crippen LogP contribution is -2.14. The number of halogens is 1. The third kappa shape index (κ3) is 2.02. The number of benzene rings is 1. The predicted molar refractivity (Wildman–Crippen MR) is 82.6 cm³/mol. The van der Waals surface area contributed by atoms with Crippen molar-refractivity contribution >= 4 is 39.5 Å². The molecule has 0 unspecified atom stereocenters. The molecule has 5 nitrogen and oxygen atoms in total. The zero-order valence-corrected chi connectivity index (χ0v) is 12.3. The van der Waals surface area contributed by atoms with Gasteiger partial charge in [-0.3, -0.25) is 9.56 Å². The smallest absolute Gasteiger partial charge is 0.328 e. The van der Waals surface area contributed by atoms with Gasteiger partial charge in [0.15, 0.2) is 0 Å². The van der Waals surface area contributed by atoms with Gasteiger partial charge in [0.05, 0.1) is 5.69 Å². The van der Waals surface area contributed by atoms with Crippen LogP contribution in [0.15, 0.2) is 32.5 Å².